The van der Waals surface area contributed by atoms with E-state index >= 15 is 0 Å². The highest BCUT2D eigenvalue weighted by atomic mass is 35.5. The Morgan fingerprint density at radius 3 is 1.03 bits per heavy atom. The lowest BCUT2D eigenvalue weighted by molar-refractivity contribution is -0.385. The summed E-state index contributed by atoms with van der Waals surface area (Å²) in [4.78, 5) is 220. The summed E-state index contributed by atoms with van der Waals surface area (Å²) in [6.07, 6.45) is 20.3. The number of nitrogens with two attached hydrogens (primary N) is 2. The first-order chi connectivity index (χ1) is 68.0. The van der Waals surface area contributed by atoms with Gasteiger partial charge in [-0.25, -0.2) is 0 Å². The molecule has 7 saturated carbocycles. The third kappa shape index (κ3) is 21.6. The average Bonchev–Trinajstić information content (AvgIpc) is 1.61. The van der Waals surface area contributed by atoms with E-state index in [9.17, 15) is 86.8 Å². The molecule has 0 unspecified atom stereocenters. The number of fused-ring (bicyclic) bond motifs is 7. The largest absolute Gasteiger partial charge is 0.398 e. The van der Waals surface area contributed by atoms with Gasteiger partial charge in [-0.05, 0) is 225 Å². The highest BCUT2D eigenvalue weighted by Gasteiger charge is 2.49. The number of halogens is 1. The van der Waals surface area contributed by atoms with Gasteiger partial charge in [0, 0.05) is 127 Å². The van der Waals surface area contributed by atoms with Crippen molar-refractivity contribution in [1.29, 1.82) is 0 Å². The molecule has 7 aromatic carbocycles. The number of hydrogen-bond acceptors (Lipinski definition) is 20. The molecule has 7 aliphatic carbocycles. The Balaban J connectivity index is 0.000000125. The minimum Gasteiger partial charge on any atom is -0.398 e. The van der Waals surface area contributed by atoms with Gasteiger partial charge >= 0.3 is 0 Å². The molecule has 21 rings (SSSR count). The molecular weight excluding hydrogens is 1820 g/mol. The van der Waals surface area contributed by atoms with Crippen LogP contribution in [-0.4, -0.2) is 175 Å². The average molecular weight is 1940 g/mol. The van der Waals surface area contributed by atoms with Gasteiger partial charge in [-0.15, -0.1) is 0 Å². The molecule has 0 spiro atoms. The van der Waals surface area contributed by atoms with Crippen molar-refractivity contribution in [1.82, 2.24) is 34.3 Å². The van der Waals surface area contributed by atoms with Crippen molar-refractivity contribution in [2.75, 3.05) is 11.5 Å². The number of anilines is 2. The molecule has 28 nitrogen and oxygen atoms in total. The zero-order valence-corrected chi connectivity index (χ0v) is 81.2. The van der Waals surface area contributed by atoms with Gasteiger partial charge in [0.2, 0.25) is 0 Å². The molecule has 7 atom stereocenters. The molecule has 29 heteroatoms. The fourth-order valence-corrected chi connectivity index (χ4v) is 22.1. The molecule has 0 aromatic heterocycles. The second-order valence-corrected chi connectivity index (χ2v) is 39.6. The molecule has 0 radical (unpaired) electrons. The Labute approximate surface area is 830 Å². The molecule has 7 aliphatic heterocycles. The van der Waals surface area contributed by atoms with E-state index in [0.717, 1.165) is 205 Å². The zero-order valence-electron chi connectivity index (χ0n) is 80.5. The standard InChI is InChI=1S/C17H17NO3.C17H19NO2.C16H16ClNO2.C16H16N2O4.C16H18N2O2.C16H17NO2.C15H16N2O3/c1-10-5-3-8-13(14(19)9-10)18-16(20)12-7-4-6-11(2)15(12)17(18)21;1-11-5-3-8-15(16(19)9-11)18-10-14-12(2)6-4-7-13(14)17(18)20;1-10-4-2-7-14(15(19)8-10)18-9-12-11(16(18)20)5-3-6-13(12)17;1-10-4-2-7-14(15(19)8-10)17-9-12-11(16(17)20)5-3-6-13(12)18(21)22;1-10-4-2-7-14(15(19)8-10)18-9-12-11(16(18)20)5-3-6-13(12)17;1-11-5-4-8-14(15(18)9-11)17-10-12-6-2-3-7-13(12)16(17)19;16-10-6-4-5-9-13(10)15(20)17(14(9)19)11-7-2-1-3-8-12(11)18/h4,6-7,13H,1,3,5,8-9H2,2H3;4,6-7,15H,1,3,5,8-10H2,2H3;3,5-6,14H,1-2,4,7-9H2;3,5-6,14H,1-2,4,7-9H2;3,5-6,14H,1-2,4,7-9,17H2;2-3,6-7,14H,1,4-5,8-10H2;4-6,11H,1-3,7-8,16H2/t13-;15-;4*14-;11-/m0000001/s1. The summed E-state index contributed by atoms with van der Waals surface area (Å²) in [5, 5.41) is 11.7. The van der Waals surface area contributed by atoms with E-state index in [1.807, 2.05) is 62.4 Å². The number of carbonyl (C=O) groups is 16. The number of nitrogen functional groups attached to an aromatic ring is 2. The van der Waals surface area contributed by atoms with Gasteiger partial charge in [0.25, 0.3) is 58.9 Å². The molecule has 7 heterocycles. The summed E-state index contributed by atoms with van der Waals surface area (Å²) in [6, 6.07) is 35.7. The van der Waals surface area contributed by atoms with Crippen LogP contribution in [0.25, 0.3) is 0 Å². The molecule has 7 fully saturated rings. The van der Waals surface area contributed by atoms with Crippen molar-refractivity contribution in [3.63, 3.8) is 0 Å². The van der Waals surface area contributed by atoms with Gasteiger partial charge in [0.15, 0.2) is 40.5 Å². The normalized spacial score (nSPS) is 22.8. The topological polar surface area (TPSA) is 391 Å². The predicted molar refractivity (Wildman–Crippen MR) is 536 cm³/mol. The van der Waals surface area contributed by atoms with E-state index < -0.39 is 34.9 Å². The molecule has 14 aliphatic rings. The van der Waals surface area contributed by atoms with Crippen molar-refractivity contribution in [2.45, 2.75) is 275 Å². The summed E-state index contributed by atoms with van der Waals surface area (Å²) in [6.45, 7) is 29.4. The van der Waals surface area contributed by atoms with Gasteiger partial charge in [-0.3, -0.25) is 96.6 Å². The first kappa shape index (κ1) is 102. The van der Waals surface area contributed by atoms with Crippen LogP contribution < -0.4 is 11.5 Å². The van der Waals surface area contributed by atoms with Crippen LogP contribution in [0.2, 0.25) is 5.02 Å². The Morgan fingerprint density at radius 2 is 0.606 bits per heavy atom. The highest BCUT2D eigenvalue weighted by Crippen LogP contribution is 2.42. The Kier molecular flexibility index (Phi) is 31.7. The van der Waals surface area contributed by atoms with E-state index in [0.29, 0.717) is 133 Å². The van der Waals surface area contributed by atoms with Crippen LogP contribution in [0, 0.1) is 24.0 Å². The van der Waals surface area contributed by atoms with Crippen molar-refractivity contribution >= 4 is 122 Å². The Hall–Kier alpha value is -14.4. The van der Waals surface area contributed by atoms with Gasteiger partial charge in [-0.2, -0.15) is 0 Å². The maximum Gasteiger partial charge on any atom is 0.275 e. The Morgan fingerprint density at radius 1 is 0.289 bits per heavy atom. The number of ketones is 7. The third-order valence-corrected chi connectivity index (χ3v) is 29.8. The summed E-state index contributed by atoms with van der Waals surface area (Å²) in [5.41, 5.74) is 29.0. The zero-order chi connectivity index (χ0) is 102. The fourth-order valence-electron chi connectivity index (χ4n) is 21.9. The smallest absolute Gasteiger partial charge is 0.275 e. The van der Waals surface area contributed by atoms with Crippen molar-refractivity contribution in [3.8, 4) is 0 Å². The first-order valence-electron chi connectivity index (χ1n) is 49.0. The fraction of sp³-hybridized carbons (Fsp3) is 0.381. The van der Waals surface area contributed by atoms with Crippen molar-refractivity contribution in [2.24, 2.45) is 0 Å². The Bertz CT molecular complexity index is 6260. The molecule has 736 valence electrons. The number of nitro groups is 1. The maximum absolute atomic E-state index is 12.6. The number of nitrogens with zero attached hydrogens (tertiary/aromatic N) is 8. The molecule has 142 heavy (non-hydrogen) atoms. The van der Waals surface area contributed by atoms with Gasteiger partial charge in [-0.1, -0.05) is 164 Å². The lowest BCUT2D eigenvalue weighted by atomic mass is 10.0. The van der Waals surface area contributed by atoms with Crippen molar-refractivity contribution in [3.05, 3.63) is 311 Å². The lowest BCUT2D eigenvalue weighted by Crippen LogP contribution is -2.44. The van der Waals surface area contributed by atoms with Gasteiger partial charge < -0.3 is 36.0 Å². The van der Waals surface area contributed by atoms with Crippen molar-refractivity contribution < 1.29 is 81.6 Å². The number of rotatable bonds is 8. The molecular formula is C113H119ClN10O18. The highest BCUT2D eigenvalue weighted by molar-refractivity contribution is 6.32. The number of imide groups is 2. The number of hydrogen-bond donors (Lipinski definition) is 2. The molecule has 4 N–H and O–H groups in total. The maximum atomic E-state index is 12.6. The van der Waals surface area contributed by atoms with Crippen LogP contribution in [0.15, 0.2) is 206 Å². The van der Waals surface area contributed by atoms with Crippen LogP contribution in [0.3, 0.4) is 0 Å². The SMILES string of the molecule is C=C1CCC[C@H](N2C(=O)c3cccc(C)c3C2=O)C(=O)C1.C=C1CCC[C@H](N2Cc3c(C)cccc3C2=O)C(=O)C1.C=C1CCC[C@H](N2Cc3c(Cl)cccc3C2=O)C(=O)C1.C=C1CCC[C@H](N2Cc3c(N)cccc3C2=O)C(=O)C1.C=C1CCC[C@H](N2Cc3c(cccc3[N+](=O)[O-])C2=O)C(=O)C1.C=C1CCC[C@H](N2Cc3ccccc3C2=O)C(=O)C1.Nc1cccc2c1C(=O)N([C@@H]1CCCCCC1=O)C2=O. The van der Waals surface area contributed by atoms with E-state index in [1.54, 1.807) is 92.4 Å². The molecule has 9 amide bonds. The third-order valence-electron chi connectivity index (χ3n) is 29.5. The van der Waals surface area contributed by atoms with Crippen LogP contribution in [0.1, 0.15) is 318 Å². The number of aryl methyl sites for hydroxylation is 2. The van der Waals surface area contributed by atoms with Crippen LogP contribution in [-0.2, 0) is 66.3 Å². The van der Waals surface area contributed by atoms with E-state index in [1.165, 1.54) is 21.9 Å². The quantitative estimate of drug-likeness (QED) is 0.0356. The van der Waals surface area contributed by atoms with Gasteiger partial charge in [0.05, 0.1) is 87.1 Å². The van der Waals surface area contributed by atoms with E-state index in [4.69, 9.17) is 23.1 Å². The van der Waals surface area contributed by atoms with E-state index in [-0.39, 0.29) is 137 Å². The summed E-state index contributed by atoms with van der Waals surface area (Å²) in [5.74, 6) is -1.55. The summed E-state index contributed by atoms with van der Waals surface area (Å²) < 4.78 is 0. The minimum absolute atomic E-state index is 0.00135. The number of allylic oxidation sites excluding steroid dienone is 6. The predicted octanol–water partition coefficient (Wildman–Crippen LogP) is 18.4. The lowest BCUT2D eigenvalue weighted by Gasteiger charge is -2.25. The van der Waals surface area contributed by atoms with E-state index in [2.05, 4.69) is 39.5 Å². The number of benzene rings is 7. The molecule has 7 aromatic rings. The molecule has 0 bridgehead atoms. The number of carbonyl (C=O) groups excluding carboxylic acids is 16. The van der Waals surface area contributed by atoms with Gasteiger partial charge in [0.1, 0.15) is 0 Å². The summed E-state index contributed by atoms with van der Waals surface area (Å²) in [7, 11) is 0. The van der Waals surface area contributed by atoms with Crippen LogP contribution in [0.5, 0.6) is 0 Å². The monoisotopic (exact) mass is 1940 g/mol. The second kappa shape index (κ2) is 44.2. The first-order valence-corrected chi connectivity index (χ1v) is 49.4. The molecule has 0 saturated heterocycles. The minimum atomic E-state index is -0.643. The number of amides is 9. The summed E-state index contributed by atoms with van der Waals surface area (Å²) >= 11 is 6.15. The second-order valence-electron chi connectivity index (χ2n) is 39.2. The van der Waals surface area contributed by atoms with Crippen LogP contribution >= 0.6 is 11.6 Å². The van der Waals surface area contributed by atoms with Crippen LogP contribution in [0.4, 0.5) is 17.1 Å². The number of Topliss-reactive ketones (excluding diaryl/α,β-unsaturated/α-hetero) is 7. The number of nitro benzene ring substituents is 1.